The first-order valence-electron chi connectivity index (χ1n) is 4.94. The van der Waals surface area contributed by atoms with Crippen LogP contribution >= 0.6 is 0 Å². The maximum atomic E-state index is 11.4. The fraction of sp³-hybridized carbons (Fsp3) is 0.308. The molecule has 1 aromatic carbocycles. The van der Waals surface area contributed by atoms with Crippen LogP contribution in [-0.4, -0.2) is 20.2 Å². The van der Waals surface area contributed by atoms with Crippen LogP contribution in [0.15, 0.2) is 18.7 Å². The lowest BCUT2D eigenvalue weighted by Gasteiger charge is -2.12. The smallest absolute Gasteiger partial charge is 0.337 e. The Kier molecular flexibility index (Phi) is 3.72. The van der Waals surface area contributed by atoms with E-state index in [1.165, 1.54) is 7.11 Å². The summed E-state index contributed by atoms with van der Waals surface area (Å²) >= 11 is 0. The number of hydrogen-bond acceptors (Lipinski definition) is 3. The normalized spacial score (nSPS) is 9.75. The quantitative estimate of drug-likeness (QED) is 0.580. The van der Waals surface area contributed by atoms with Gasteiger partial charge in [0, 0.05) is 5.56 Å². The van der Waals surface area contributed by atoms with Crippen molar-refractivity contribution in [2.24, 2.45) is 0 Å². The van der Waals surface area contributed by atoms with Crippen LogP contribution < -0.4 is 4.74 Å². The summed E-state index contributed by atoms with van der Waals surface area (Å²) in [5.41, 5.74) is 3.18. The molecule has 0 aliphatic rings. The van der Waals surface area contributed by atoms with E-state index in [0.29, 0.717) is 16.9 Å². The van der Waals surface area contributed by atoms with Gasteiger partial charge in [0.05, 0.1) is 19.8 Å². The van der Waals surface area contributed by atoms with Gasteiger partial charge in [-0.25, -0.2) is 4.79 Å². The van der Waals surface area contributed by atoms with Gasteiger partial charge < -0.3 is 9.47 Å². The number of benzene rings is 1. The van der Waals surface area contributed by atoms with E-state index in [0.717, 1.165) is 11.1 Å². The number of hydrogen-bond donors (Lipinski definition) is 0. The molecular weight excluding hydrogens is 204 g/mol. The van der Waals surface area contributed by atoms with E-state index in [1.54, 1.807) is 7.11 Å². The van der Waals surface area contributed by atoms with Crippen LogP contribution in [-0.2, 0) is 9.53 Å². The van der Waals surface area contributed by atoms with Crippen LogP contribution in [0.4, 0.5) is 0 Å². The Hall–Kier alpha value is -1.77. The van der Waals surface area contributed by atoms with E-state index in [-0.39, 0.29) is 0 Å². The summed E-state index contributed by atoms with van der Waals surface area (Å²) < 4.78 is 9.87. The molecule has 0 radical (unpaired) electrons. The van der Waals surface area contributed by atoms with Crippen LogP contribution in [0.1, 0.15) is 16.7 Å². The molecule has 0 aliphatic heterocycles. The molecule has 0 N–H and O–H groups in total. The highest BCUT2D eigenvalue weighted by molar-refractivity contribution is 6.16. The summed E-state index contributed by atoms with van der Waals surface area (Å²) in [7, 11) is 2.90. The van der Waals surface area contributed by atoms with Gasteiger partial charge in [0.25, 0.3) is 0 Å². The van der Waals surface area contributed by atoms with Crippen molar-refractivity contribution in [3.05, 3.63) is 35.4 Å². The lowest BCUT2D eigenvalue weighted by molar-refractivity contribution is -0.133. The third kappa shape index (κ3) is 2.24. The Morgan fingerprint density at radius 2 is 1.75 bits per heavy atom. The predicted octanol–water partition coefficient (Wildman–Crippen LogP) is 2.50. The molecule has 0 spiro atoms. The average Bonchev–Trinajstić information content (AvgIpc) is 2.30. The maximum Gasteiger partial charge on any atom is 0.337 e. The van der Waals surface area contributed by atoms with E-state index in [9.17, 15) is 4.79 Å². The second-order valence-electron chi connectivity index (χ2n) is 3.61. The first kappa shape index (κ1) is 12.3. The SMILES string of the molecule is C=C(C(=O)OC)c1cc(C)c(C)cc1OC. The molecular formula is C13H16O3. The Morgan fingerprint density at radius 3 is 2.25 bits per heavy atom. The van der Waals surface area contributed by atoms with E-state index in [1.807, 2.05) is 26.0 Å². The lowest BCUT2D eigenvalue weighted by atomic mass is 10.00. The number of carbonyl (C=O) groups is 1. The summed E-state index contributed by atoms with van der Waals surface area (Å²) in [6, 6.07) is 3.77. The number of rotatable bonds is 3. The molecule has 0 atom stereocenters. The summed E-state index contributed by atoms with van der Waals surface area (Å²) in [5.74, 6) is 0.194. The third-order valence-corrected chi connectivity index (χ3v) is 2.57. The van der Waals surface area contributed by atoms with Gasteiger partial charge in [-0.1, -0.05) is 6.58 Å². The second-order valence-corrected chi connectivity index (χ2v) is 3.61. The van der Waals surface area contributed by atoms with Gasteiger partial charge in [-0.2, -0.15) is 0 Å². The van der Waals surface area contributed by atoms with Gasteiger partial charge in [0.1, 0.15) is 5.75 Å². The van der Waals surface area contributed by atoms with Crippen molar-refractivity contribution in [1.29, 1.82) is 0 Å². The van der Waals surface area contributed by atoms with E-state index in [4.69, 9.17) is 4.74 Å². The fourth-order valence-electron chi connectivity index (χ4n) is 1.43. The molecule has 0 bridgehead atoms. The van der Waals surface area contributed by atoms with Crippen molar-refractivity contribution >= 4 is 11.5 Å². The average molecular weight is 220 g/mol. The number of ether oxygens (including phenoxy) is 2. The Bertz CT molecular complexity index is 433. The molecule has 0 heterocycles. The molecule has 1 aromatic rings. The molecule has 0 saturated carbocycles. The van der Waals surface area contributed by atoms with Crippen LogP contribution in [0.3, 0.4) is 0 Å². The Balaban J connectivity index is 3.27. The van der Waals surface area contributed by atoms with Crippen LogP contribution in [0, 0.1) is 13.8 Å². The standard InChI is InChI=1S/C13H16O3/c1-8-6-11(10(3)13(14)16-5)12(15-4)7-9(8)2/h6-7H,3H2,1-2,4-5H3. The largest absolute Gasteiger partial charge is 0.496 e. The lowest BCUT2D eigenvalue weighted by Crippen LogP contribution is -2.05. The summed E-state index contributed by atoms with van der Waals surface area (Å²) in [6.45, 7) is 7.68. The van der Waals surface area contributed by atoms with E-state index in [2.05, 4.69) is 11.3 Å². The molecule has 86 valence electrons. The van der Waals surface area contributed by atoms with Crippen LogP contribution in [0.25, 0.3) is 5.57 Å². The third-order valence-electron chi connectivity index (χ3n) is 2.57. The fourth-order valence-corrected chi connectivity index (χ4v) is 1.43. The molecule has 0 saturated heterocycles. The number of aryl methyl sites for hydroxylation is 2. The molecule has 0 unspecified atom stereocenters. The van der Waals surface area contributed by atoms with Crippen molar-refractivity contribution in [2.45, 2.75) is 13.8 Å². The molecule has 0 fully saturated rings. The van der Waals surface area contributed by atoms with Crippen molar-refractivity contribution in [3.63, 3.8) is 0 Å². The second kappa shape index (κ2) is 4.84. The minimum absolute atomic E-state index is 0.308. The van der Waals surface area contributed by atoms with Gasteiger partial charge >= 0.3 is 5.97 Å². The van der Waals surface area contributed by atoms with E-state index >= 15 is 0 Å². The molecule has 0 amide bonds. The number of esters is 1. The van der Waals surface area contributed by atoms with Gasteiger partial charge in [0.15, 0.2) is 0 Å². The molecule has 0 aliphatic carbocycles. The molecule has 16 heavy (non-hydrogen) atoms. The molecule has 1 rings (SSSR count). The van der Waals surface area contributed by atoms with E-state index < -0.39 is 5.97 Å². The molecule has 0 aromatic heterocycles. The highest BCUT2D eigenvalue weighted by Crippen LogP contribution is 2.28. The first-order valence-corrected chi connectivity index (χ1v) is 4.94. The predicted molar refractivity (Wildman–Crippen MR) is 63.5 cm³/mol. The Labute approximate surface area is 95.7 Å². The maximum absolute atomic E-state index is 11.4. The van der Waals surface area contributed by atoms with Gasteiger partial charge in [-0.3, -0.25) is 0 Å². The monoisotopic (exact) mass is 220 g/mol. The minimum atomic E-state index is -0.443. The van der Waals surface area contributed by atoms with Gasteiger partial charge in [0.2, 0.25) is 0 Å². The highest BCUT2D eigenvalue weighted by atomic mass is 16.5. The van der Waals surface area contributed by atoms with Crippen molar-refractivity contribution in [3.8, 4) is 5.75 Å². The molecule has 3 heteroatoms. The van der Waals surface area contributed by atoms with Gasteiger partial charge in [-0.05, 0) is 37.1 Å². The summed E-state index contributed by atoms with van der Waals surface area (Å²) in [4.78, 5) is 11.4. The first-order chi connectivity index (χ1) is 7.51. The summed E-state index contributed by atoms with van der Waals surface area (Å²) in [5, 5.41) is 0. The topological polar surface area (TPSA) is 35.5 Å². The van der Waals surface area contributed by atoms with Crippen LogP contribution in [0.5, 0.6) is 5.75 Å². The highest BCUT2D eigenvalue weighted by Gasteiger charge is 2.15. The number of methoxy groups -OCH3 is 2. The number of carbonyl (C=O) groups excluding carboxylic acids is 1. The zero-order valence-electron chi connectivity index (χ0n) is 10.1. The zero-order valence-corrected chi connectivity index (χ0v) is 10.1. The van der Waals surface area contributed by atoms with Crippen molar-refractivity contribution in [1.82, 2.24) is 0 Å². The minimum Gasteiger partial charge on any atom is -0.496 e. The van der Waals surface area contributed by atoms with Crippen molar-refractivity contribution in [2.75, 3.05) is 14.2 Å². The van der Waals surface area contributed by atoms with Crippen molar-refractivity contribution < 1.29 is 14.3 Å². The zero-order chi connectivity index (χ0) is 12.3. The Morgan fingerprint density at radius 1 is 1.19 bits per heavy atom. The summed E-state index contributed by atoms with van der Waals surface area (Å²) in [6.07, 6.45) is 0. The van der Waals surface area contributed by atoms with Crippen LogP contribution in [0.2, 0.25) is 0 Å². The van der Waals surface area contributed by atoms with Gasteiger partial charge in [-0.15, -0.1) is 0 Å². The molecule has 3 nitrogen and oxygen atoms in total.